The normalized spacial score (nSPS) is 31.5. The lowest BCUT2D eigenvalue weighted by molar-refractivity contribution is -0.120. The molecule has 4 saturated carbocycles. The van der Waals surface area contributed by atoms with E-state index in [1.165, 1.54) is 6.92 Å². The largest absolute Gasteiger partial charge is 0.349 e. The van der Waals surface area contributed by atoms with Gasteiger partial charge in [0.25, 0.3) is 5.91 Å². The van der Waals surface area contributed by atoms with E-state index in [0.29, 0.717) is 43.1 Å². The van der Waals surface area contributed by atoms with E-state index in [2.05, 4.69) is 29.6 Å². The van der Waals surface area contributed by atoms with E-state index in [1.54, 1.807) is 10.9 Å². The fourth-order valence-electron chi connectivity index (χ4n) is 6.44. The SMILES string of the molecule is CC(=O)NC(C)(C)/C=C/n1ncc(C(=O)NC2C3CC4CC2CC(F)(C4)C3)c1CC(C)C. The highest BCUT2D eigenvalue weighted by atomic mass is 19.1. The Labute approximate surface area is 190 Å². The quantitative estimate of drug-likeness (QED) is 0.664. The number of rotatable bonds is 7. The summed E-state index contributed by atoms with van der Waals surface area (Å²) in [5.74, 6) is 1.12. The van der Waals surface area contributed by atoms with E-state index in [9.17, 15) is 9.59 Å². The number of alkyl halides is 1. The molecule has 0 aliphatic heterocycles. The molecule has 1 aromatic rings. The summed E-state index contributed by atoms with van der Waals surface area (Å²) < 4.78 is 16.8. The first-order valence-electron chi connectivity index (χ1n) is 12.0. The van der Waals surface area contributed by atoms with Crippen LogP contribution in [0.5, 0.6) is 0 Å². The van der Waals surface area contributed by atoms with Crippen molar-refractivity contribution in [2.24, 2.45) is 23.7 Å². The highest BCUT2D eigenvalue weighted by Crippen LogP contribution is 2.57. The van der Waals surface area contributed by atoms with Gasteiger partial charge in [0.2, 0.25) is 5.91 Å². The smallest absolute Gasteiger partial charge is 0.255 e. The van der Waals surface area contributed by atoms with Crippen molar-refractivity contribution in [3.63, 3.8) is 0 Å². The minimum absolute atomic E-state index is 0.0624. The molecule has 2 unspecified atom stereocenters. The molecule has 0 spiro atoms. The molecule has 4 aliphatic carbocycles. The van der Waals surface area contributed by atoms with Gasteiger partial charge in [0.15, 0.2) is 0 Å². The summed E-state index contributed by atoms with van der Waals surface area (Å²) in [5, 5.41) is 10.6. The summed E-state index contributed by atoms with van der Waals surface area (Å²) in [6.07, 6.45) is 10.0. The van der Waals surface area contributed by atoms with Crippen LogP contribution in [0.1, 0.15) is 82.8 Å². The molecule has 0 saturated heterocycles. The summed E-state index contributed by atoms with van der Waals surface area (Å²) >= 11 is 0. The predicted octanol–water partition coefficient (Wildman–Crippen LogP) is 4.11. The van der Waals surface area contributed by atoms with Crippen molar-refractivity contribution < 1.29 is 14.0 Å². The third kappa shape index (κ3) is 4.76. The number of amides is 2. The Morgan fingerprint density at radius 2 is 1.94 bits per heavy atom. The molecule has 1 aromatic heterocycles. The van der Waals surface area contributed by atoms with Crippen molar-refractivity contribution in [1.82, 2.24) is 20.4 Å². The van der Waals surface area contributed by atoms with E-state index in [1.807, 2.05) is 26.1 Å². The van der Waals surface area contributed by atoms with Gasteiger partial charge in [-0.05, 0) is 82.1 Å². The van der Waals surface area contributed by atoms with Crippen LogP contribution in [0.15, 0.2) is 12.3 Å². The second-order valence-corrected chi connectivity index (χ2v) is 11.4. The van der Waals surface area contributed by atoms with Crippen molar-refractivity contribution in [2.75, 3.05) is 0 Å². The van der Waals surface area contributed by atoms with E-state index in [0.717, 1.165) is 18.5 Å². The van der Waals surface area contributed by atoms with Crippen LogP contribution in [0.4, 0.5) is 4.39 Å². The van der Waals surface area contributed by atoms with E-state index >= 15 is 4.39 Å². The number of aromatic nitrogens is 2. The van der Waals surface area contributed by atoms with Crippen LogP contribution in [0.25, 0.3) is 6.20 Å². The summed E-state index contributed by atoms with van der Waals surface area (Å²) in [6, 6.07) is 0.0624. The van der Waals surface area contributed by atoms with Gasteiger partial charge in [-0.1, -0.05) is 13.8 Å². The van der Waals surface area contributed by atoms with Crippen molar-refractivity contribution in [3.8, 4) is 0 Å². The minimum atomic E-state index is -1.00. The van der Waals surface area contributed by atoms with Crippen molar-refractivity contribution in [1.29, 1.82) is 0 Å². The van der Waals surface area contributed by atoms with E-state index in [-0.39, 0.29) is 29.7 Å². The third-order valence-corrected chi connectivity index (χ3v) is 7.37. The highest BCUT2D eigenvalue weighted by Gasteiger charge is 2.56. The fourth-order valence-corrected chi connectivity index (χ4v) is 6.44. The molecule has 0 aromatic carbocycles. The molecule has 2 atom stereocenters. The Balaban J connectivity index is 1.53. The Morgan fingerprint density at radius 3 is 2.50 bits per heavy atom. The first kappa shape index (κ1) is 23.0. The Bertz CT molecular complexity index is 903. The lowest BCUT2D eigenvalue weighted by Crippen LogP contribution is -2.60. The number of hydrogen-bond donors (Lipinski definition) is 2. The predicted molar refractivity (Wildman–Crippen MR) is 123 cm³/mol. The molecule has 32 heavy (non-hydrogen) atoms. The van der Waals surface area contributed by atoms with Crippen LogP contribution >= 0.6 is 0 Å². The molecular weight excluding hydrogens is 407 g/mol. The lowest BCUT2D eigenvalue weighted by Gasteiger charge is -2.56. The van der Waals surface area contributed by atoms with Gasteiger partial charge < -0.3 is 10.6 Å². The molecule has 6 nitrogen and oxygen atoms in total. The second-order valence-electron chi connectivity index (χ2n) is 11.4. The Morgan fingerprint density at radius 1 is 1.28 bits per heavy atom. The van der Waals surface area contributed by atoms with Gasteiger partial charge in [-0.2, -0.15) is 5.10 Å². The standard InChI is InChI=1S/C25H37FN4O2/c1-15(2)8-21-20(14-27-30(21)7-6-24(4,5)29-16(3)31)23(32)28-22-18-9-17-10-19(22)13-25(26,11-17)12-18/h6-7,14-15,17-19,22H,8-13H2,1-5H3,(H,28,32)(H,29,31)/b7-6+. The molecule has 176 valence electrons. The van der Waals surface area contributed by atoms with Crippen LogP contribution in [-0.2, 0) is 11.2 Å². The third-order valence-electron chi connectivity index (χ3n) is 7.37. The average Bonchev–Trinajstić information content (AvgIpc) is 3.02. The van der Waals surface area contributed by atoms with Crippen molar-refractivity contribution in [3.05, 3.63) is 23.5 Å². The zero-order valence-electron chi connectivity index (χ0n) is 20.0. The Kier molecular flexibility index (Phi) is 5.97. The summed E-state index contributed by atoms with van der Waals surface area (Å²) in [5.41, 5.74) is -0.0859. The highest BCUT2D eigenvalue weighted by molar-refractivity contribution is 5.95. The van der Waals surface area contributed by atoms with Gasteiger partial charge in [-0.3, -0.25) is 9.59 Å². The van der Waals surface area contributed by atoms with Crippen LogP contribution in [-0.4, -0.2) is 38.8 Å². The molecule has 1 heterocycles. The zero-order valence-corrected chi connectivity index (χ0v) is 20.0. The molecular formula is C25H37FN4O2. The number of hydrogen-bond acceptors (Lipinski definition) is 3. The Hall–Kier alpha value is -2.18. The van der Waals surface area contributed by atoms with Gasteiger partial charge >= 0.3 is 0 Å². The van der Waals surface area contributed by atoms with Crippen LogP contribution < -0.4 is 10.6 Å². The van der Waals surface area contributed by atoms with E-state index < -0.39 is 11.2 Å². The summed E-state index contributed by atoms with van der Waals surface area (Å²) in [6.45, 7) is 9.54. The fraction of sp³-hybridized carbons (Fsp3) is 0.720. The topological polar surface area (TPSA) is 76.0 Å². The second kappa shape index (κ2) is 8.31. The van der Waals surface area contributed by atoms with Gasteiger partial charge in [0.1, 0.15) is 5.67 Å². The number of nitrogens with zero attached hydrogens (tertiary/aromatic N) is 2. The van der Waals surface area contributed by atoms with Crippen LogP contribution in [0.2, 0.25) is 0 Å². The van der Waals surface area contributed by atoms with Gasteiger partial charge in [0.05, 0.1) is 23.0 Å². The van der Waals surface area contributed by atoms with Gasteiger partial charge in [0, 0.05) is 19.2 Å². The van der Waals surface area contributed by atoms with Crippen molar-refractivity contribution >= 4 is 18.0 Å². The molecule has 5 rings (SSSR count). The molecule has 2 N–H and O–H groups in total. The summed E-state index contributed by atoms with van der Waals surface area (Å²) in [7, 11) is 0. The molecule has 0 radical (unpaired) electrons. The maximum Gasteiger partial charge on any atom is 0.255 e. The van der Waals surface area contributed by atoms with E-state index in [4.69, 9.17) is 0 Å². The zero-order chi connectivity index (χ0) is 23.3. The average molecular weight is 445 g/mol. The number of carbonyl (C=O) groups excluding carboxylic acids is 2. The molecule has 4 aliphatic rings. The lowest BCUT2D eigenvalue weighted by atomic mass is 9.53. The van der Waals surface area contributed by atoms with Crippen LogP contribution in [0, 0.1) is 23.7 Å². The van der Waals surface area contributed by atoms with Gasteiger partial charge in [-0.15, -0.1) is 0 Å². The molecule has 7 heteroatoms. The molecule has 4 fully saturated rings. The number of nitrogens with one attached hydrogen (secondary N) is 2. The van der Waals surface area contributed by atoms with Gasteiger partial charge in [-0.25, -0.2) is 9.07 Å². The monoisotopic (exact) mass is 444 g/mol. The minimum Gasteiger partial charge on any atom is -0.349 e. The first-order valence-corrected chi connectivity index (χ1v) is 12.0. The molecule has 4 bridgehead atoms. The number of halogens is 1. The van der Waals surface area contributed by atoms with Crippen LogP contribution in [0.3, 0.4) is 0 Å². The van der Waals surface area contributed by atoms with Crippen molar-refractivity contribution in [2.45, 2.75) is 90.4 Å². The summed E-state index contributed by atoms with van der Waals surface area (Å²) in [4.78, 5) is 24.8. The number of carbonyl (C=O) groups is 2. The molecule has 2 amide bonds. The maximum absolute atomic E-state index is 15.0. The maximum atomic E-state index is 15.0. The first-order chi connectivity index (χ1) is 14.9.